The van der Waals surface area contributed by atoms with Gasteiger partial charge >= 0.3 is 0 Å². The van der Waals surface area contributed by atoms with Gasteiger partial charge < -0.3 is 5.32 Å². The minimum Gasteiger partial charge on any atom is -0.344 e. The van der Waals surface area contributed by atoms with E-state index in [2.05, 4.69) is 5.32 Å². The molecule has 2 aromatic rings. The number of rotatable bonds is 6. The molecule has 2 atom stereocenters. The van der Waals surface area contributed by atoms with Crippen LogP contribution in [0.15, 0.2) is 48.5 Å². The van der Waals surface area contributed by atoms with Gasteiger partial charge in [-0.2, -0.15) is 0 Å². The van der Waals surface area contributed by atoms with E-state index in [1.807, 2.05) is 30.3 Å². The zero-order valence-electron chi connectivity index (χ0n) is 13.4. The number of non-ortho nitro benzene ring substituents is 1. The lowest BCUT2D eigenvalue weighted by Crippen LogP contribution is -2.32. The number of nitro groups is 1. The highest BCUT2D eigenvalue weighted by Gasteiger charge is 2.20. The van der Waals surface area contributed by atoms with E-state index in [1.54, 1.807) is 19.2 Å². The van der Waals surface area contributed by atoms with Gasteiger partial charge in [-0.1, -0.05) is 36.4 Å². The van der Waals surface area contributed by atoms with Crippen molar-refractivity contribution in [2.24, 2.45) is 0 Å². The number of nitro benzene ring substituents is 1. The van der Waals surface area contributed by atoms with Crippen LogP contribution in [0.5, 0.6) is 0 Å². The van der Waals surface area contributed by atoms with Gasteiger partial charge in [-0.05, 0) is 18.1 Å². The first-order valence-electron chi connectivity index (χ1n) is 7.29. The Balaban J connectivity index is 2.29. The molecular formula is C17H18N2O4S. The second-order valence-corrected chi connectivity index (χ2v) is 6.91. The number of hydrogen-bond donors (Lipinski definition) is 1. The van der Waals surface area contributed by atoms with E-state index in [0.717, 1.165) is 5.56 Å². The Kier molecular flexibility index (Phi) is 5.81. The van der Waals surface area contributed by atoms with Crippen LogP contribution in [0.2, 0.25) is 0 Å². The Morgan fingerprint density at radius 2 is 1.92 bits per heavy atom. The number of carbonyl (C=O) groups is 1. The van der Waals surface area contributed by atoms with Crippen molar-refractivity contribution in [2.45, 2.75) is 13.0 Å². The van der Waals surface area contributed by atoms with Gasteiger partial charge in [-0.25, -0.2) is 0 Å². The maximum Gasteiger partial charge on any atom is 0.270 e. The van der Waals surface area contributed by atoms with Crippen molar-refractivity contribution in [3.05, 3.63) is 75.3 Å². The second-order valence-electron chi connectivity index (χ2n) is 5.43. The summed E-state index contributed by atoms with van der Waals surface area (Å²) < 4.78 is 11.6. The Morgan fingerprint density at radius 1 is 1.25 bits per heavy atom. The first kappa shape index (κ1) is 17.8. The molecule has 0 aromatic heterocycles. The molecule has 2 rings (SSSR count). The predicted molar refractivity (Wildman–Crippen MR) is 93.4 cm³/mol. The third-order valence-electron chi connectivity index (χ3n) is 3.59. The van der Waals surface area contributed by atoms with Gasteiger partial charge in [-0.15, -0.1) is 0 Å². The quantitative estimate of drug-likeness (QED) is 0.643. The van der Waals surface area contributed by atoms with Crippen LogP contribution in [0.1, 0.15) is 27.5 Å². The highest BCUT2D eigenvalue weighted by Crippen LogP contribution is 2.19. The third kappa shape index (κ3) is 4.48. The standard InChI is InChI=1S/C17H18N2O4S/c1-12-8-9-14(19(21)22)10-15(12)17(20)18-16(11-24(2)23)13-6-4-3-5-7-13/h3-10,16H,11H2,1-2H3,(H,18,20)/t16-,24-/m1/s1. The molecule has 0 radical (unpaired) electrons. The Hall–Kier alpha value is -2.54. The molecule has 126 valence electrons. The molecule has 0 aliphatic heterocycles. The molecule has 0 aliphatic carbocycles. The number of aryl methyl sites for hydroxylation is 1. The minimum atomic E-state index is -1.11. The number of nitrogens with one attached hydrogen (secondary N) is 1. The van der Waals surface area contributed by atoms with E-state index in [9.17, 15) is 19.1 Å². The molecule has 7 heteroatoms. The van der Waals surface area contributed by atoms with Gasteiger partial charge in [0, 0.05) is 40.5 Å². The molecule has 0 aliphatic rings. The lowest BCUT2D eigenvalue weighted by atomic mass is 10.0. The molecule has 1 N–H and O–H groups in total. The molecular weight excluding hydrogens is 328 g/mol. The molecule has 0 unspecified atom stereocenters. The molecule has 0 spiro atoms. The number of benzene rings is 2. The van der Waals surface area contributed by atoms with Crippen molar-refractivity contribution in [3.8, 4) is 0 Å². The Bertz CT molecular complexity index is 777. The number of nitrogens with zero attached hydrogens (tertiary/aromatic N) is 1. The number of carbonyl (C=O) groups excluding carboxylic acids is 1. The van der Waals surface area contributed by atoms with Crippen molar-refractivity contribution in [1.82, 2.24) is 5.32 Å². The van der Waals surface area contributed by atoms with Gasteiger partial charge in [0.05, 0.1) is 11.0 Å². The van der Waals surface area contributed by atoms with Gasteiger partial charge in [-0.3, -0.25) is 19.1 Å². The first-order valence-corrected chi connectivity index (χ1v) is 9.02. The Labute approximate surface area is 142 Å². The van der Waals surface area contributed by atoms with Crippen molar-refractivity contribution in [3.63, 3.8) is 0 Å². The van der Waals surface area contributed by atoms with Gasteiger partial charge in [0.1, 0.15) is 0 Å². The van der Waals surface area contributed by atoms with Gasteiger partial charge in [0.15, 0.2) is 0 Å². The zero-order chi connectivity index (χ0) is 17.7. The van der Waals surface area contributed by atoms with Crippen LogP contribution in [0.4, 0.5) is 5.69 Å². The summed E-state index contributed by atoms with van der Waals surface area (Å²) in [6, 6.07) is 13.0. The van der Waals surface area contributed by atoms with E-state index in [0.29, 0.717) is 5.56 Å². The van der Waals surface area contributed by atoms with E-state index in [1.165, 1.54) is 12.1 Å². The average Bonchev–Trinajstić information content (AvgIpc) is 2.54. The summed E-state index contributed by atoms with van der Waals surface area (Å²) in [7, 11) is -1.11. The zero-order valence-corrected chi connectivity index (χ0v) is 14.2. The number of amides is 1. The van der Waals surface area contributed by atoms with Gasteiger partial charge in [0.2, 0.25) is 0 Å². The first-order chi connectivity index (χ1) is 11.4. The highest BCUT2D eigenvalue weighted by molar-refractivity contribution is 7.84. The van der Waals surface area contributed by atoms with Crippen LogP contribution in [0.25, 0.3) is 0 Å². The summed E-state index contributed by atoms with van der Waals surface area (Å²) in [5.41, 5.74) is 1.58. The van der Waals surface area contributed by atoms with E-state index in [4.69, 9.17) is 0 Å². The summed E-state index contributed by atoms with van der Waals surface area (Å²) in [5.74, 6) is -0.153. The largest absolute Gasteiger partial charge is 0.344 e. The van der Waals surface area contributed by atoms with Gasteiger partial charge in [0.25, 0.3) is 11.6 Å². The molecule has 0 fully saturated rings. The molecule has 2 aromatic carbocycles. The van der Waals surface area contributed by atoms with Crippen molar-refractivity contribution < 1.29 is 13.9 Å². The third-order valence-corrected chi connectivity index (χ3v) is 4.39. The normalized spacial score (nSPS) is 13.1. The molecule has 0 heterocycles. The summed E-state index contributed by atoms with van der Waals surface area (Å²) in [6.07, 6.45) is 1.57. The van der Waals surface area contributed by atoms with Crippen LogP contribution in [0, 0.1) is 17.0 Å². The SMILES string of the molecule is Cc1ccc([N+](=O)[O-])cc1C(=O)N[C@H](C[S@@](C)=O)c1ccccc1. The van der Waals surface area contributed by atoms with Crippen LogP contribution >= 0.6 is 0 Å². The van der Waals surface area contributed by atoms with Crippen LogP contribution < -0.4 is 5.32 Å². The molecule has 6 nitrogen and oxygen atoms in total. The van der Waals surface area contributed by atoms with E-state index in [-0.39, 0.29) is 17.0 Å². The fraction of sp³-hybridized carbons (Fsp3) is 0.235. The summed E-state index contributed by atoms with van der Waals surface area (Å²) in [4.78, 5) is 22.9. The summed E-state index contributed by atoms with van der Waals surface area (Å²) in [6.45, 7) is 1.72. The van der Waals surface area contributed by atoms with E-state index < -0.39 is 27.7 Å². The predicted octanol–water partition coefficient (Wildman–Crippen LogP) is 2.75. The smallest absolute Gasteiger partial charge is 0.270 e. The summed E-state index contributed by atoms with van der Waals surface area (Å²) in [5, 5.41) is 13.7. The fourth-order valence-corrected chi connectivity index (χ4v) is 3.09. The Morgan fingerprint density at radius 3 is 2.50 bits per heavy atom. The van der Waals surface area contributed by atoms with Crippen LogP contribution in [-0.4, -0.2) is 27.0 Å². The second kappa shape index (κ2) is 7.83. The molecule has 0 saturated carbocycles. The fourth-order valence-electron chi connectivity index (χ4n) is 2.35. The molecule has 0 bridgehead atoms. The van der Waals surface area contributed by atoms with Crippen molar-refractivity contribution >= 4 is 22.4 Å². The van der Waals surface area contributed by atoms with Crippen LogP contribution in [-0.2, 0) is 10.8 Å². The average molecular weight is 346 g/mol. The maximum absolute atomic E-state index is 12.6. The van der Waals surface area contributed by atoms with Crippen molar-refractivity contribution in [1.29, 1.82) is 0 Å². The number of hydrogen-bond acceptors (Lipinski definition) is 4. The van der Waals surface area contributed by atoms with Crippen molar-refractivity contribution in [2.75, 3.05) is 12.0 Å². The highest BCUT2D eigenvalue weighted by atomic mass is 32.2. The molecule has 1 amide bonds. The molecule has 24 heavy (non-hydrogen) atoms. The van der Waals surface area contributed by atoms with Crippen LogP contribution in [0.3, 0.4) is 0 Å². The maximum atomic E-state index is 12.6. The molecule has 0 saturated heterocycles. The monoisotopic (exact) mass is 346 g/mol. The lowest BCUT2D eigenvalue weighted by Gasteiger charge is -2.19. The lowest BCUT2D eigenvalue weighted by molar-refractivity contribution is -0.384. The topological polar surface area (TPSA) is 89.3 Å². The summed E-state index contributed by atoms with van der Waals surface area (Å²) >= 11 is 0. The van der Waals surface area contributed by atoms with E-state index >= 15 is 0 Å². The minimum absolute atomic E-state index is 0.138.